The summed E-state index contributed by atoms with van der Waals surface area (Å²) in [5, 5.41) is 13.6. The van der Waals surface area contributed by atoms with Gasteiger partial charge in [0.15, 0.2) is 10.8 Å². The number of carboxylic acids is 1. The molecule has 0 fully saturated rings. The van der Waals surface area contributed by atoms with E-state index in [2.05, 4.69) is 34.1 Å². The number of hydrogen-bond acceptors (Lipinski definition) is 8. The number of benzene rings is 2. The van der Waals surface area contributed by atoms with Gasteiger partial charge in [-0.15, -0.1) is 0 Å². The number of thiazole rings is 1. The molecule has 0 saturated carbocycles. The fraction of sp³-hybridized carbons (Fsp3) is 0.258. The lowest BCUT2D eigenvalue weighted by molar-refractivity contribution is 0.0690. The van der Waals surface area contributed by atoms with E-state index in [-0.39, 0.29) is 11.6 Å². The van der Waals surface area contributed by atoms with Gasteiger partial charge in [0.1, 0.15) is 5.82 Å². The lowest BCUT2D eigenvalue weighted by atomic mass is 9.94. The number of aromatic nitrogens is 2. The lowest BCUT2D eigenvalue weighted by Crippen LogP contribution is -2.33. The van der Waals surface area contributed by atoms with Crippen LogP contribution in [0.2, 0.25) is 0 Å². The first kappa shape index (κ1) is 28.0. The average Bonchev–Trinajstić information content (AvgIpc) is 3.38. The molecule has 210 valence electrons. The van der Waals surface area contributed by atoms with E-state index < -0.39 is 5.97 Å². The second-order valence-electron chi connectivity index (χ2n) is 10.3. The first-order chi connectivity index (χ1) is 19.7. The molecule has 0 unspecified atom stereocenters. The summed E-state index contributed by atoms with van der Waals surface area (Å²) in [7, 11) is 0. The van der Waals surface area contributed by atoms with Crippen LogP contribution in [0.1, 0.15) is 58.3 Å². The second kappa shape index (κ2) is 11.9. The van der Waals surface area contributed by atoms with E-state index in [0.29, 0.717) is 65.3 Å². The van der Waals surface area contributed by atoms with Crippen LogP contribution in [0.3, 0.4) is 0 Å². The zero-order chi connectivity index (χ0) is 29.1. The molecule has 0 bridgehead atoms. The third-order valence-electron chi connectivity index (χ3n) is 6.98. The van der Waals surface area contributed by atoms with Gasteiger partial charge in [0.2, 0.25) is 0 Å². The first-order valence-corrected chi connectivity index (χ1v) is 14.3. The van der Waals surface area contributed by atoms with Gasteiger partial charge in [-0.3, -0.25) is 15.1 Å². The normalized spacial score (nSPS) is 13.9. The predicted octanol–water partition coefficient (Wildman–Crippen LogP) is 5.62. The number of anilines is 2. The van der Waals surface area contributed by atoms with Gasteiger partial charge in [-0.25, -0.2) is 14.8 Å². The van der Waals surface area contributed by atoms with Crippen molar-refractivity contribution in [3.8, 4) is 0 Å². The fourth-order valence-corrected chi connectivity index (χ4v) is 5.76. The Morgan fingerprint density at radius 2 is 1.93 bits per heavy atom. The van der Waals surface area contributed by atoms with E-state index in [1.165, 1.54) is 17.5 Å². The number of aliphatic imine (C=N–C) groups is 1. The molecule has 4 aromatic rings. The molecule has 0 atom stereocenters. The smallest absolute Gasteiger partial charge is 0.355 e. The maximum Gasteiger partial charge on any atom is 0.355 e. The van der Waals surface area contributed by atoms with E-state index >= 15 is 0 Å². The number of amides is 1. The number of rotatable bonds is 8. The standard InChI is InChI=1S/C31H32N6O3S/c1-18(2)16-33-19(3)23(15-32)21-11-12-27(35-28(21)30(39)40)37-14-13-20-7-6-8-22(24(20)17-37)29(38)36-31-34-25-9-4-5-10-26(25)41-31/h4-12,15,18H,13-14,16-17,32H2,1-3H3,(H,39,40)(H,34,36,38). The number of nitrogens with zero attached hydrogens (tertiary/aromatic N) is 4. The van der Waals surface area contributed by atoms with Crippen molar-refractivity contribution in [2.45, 2.75) is 33.7 Å². The maximum absolute atomic E-state index is 13.4. The largest absolute Gasteiger partial charge is 0.476 e. The molecule has 1 amide bonds. The van der Waals surface area contributed by atoms with Crippen LogP contribution in [0.25, 0.3) is 15.8 Å². The van der Waals surface area contributed by atoms with Crippen molar-refractivity contribution in [2.24, 2.45) is 16.6 Å². The summed E-state index contributed by atoms with van der Waals surface area (Å²) in [6, 6.07) is 17.0. The highest BCUT2D eigenvalue weighted by atomic mass is 32.1. The molecule has 0 radical (unpaired) electrons. The zero-order valence-corrected chi connectivity index (χ0v) is 24.0. The Kier molecular flexibility index (Phi) is 8.11. The molecular formula is C31H32N6O3S. The summed E-state index contributed by atoms with van der Waals surface area (Å²) in [5.74, 6) is -0.498. The molecule has 0 saturated heterocycles. The first-order valence-electron chi connectivity index (χ1n) is 13.5. The Labute approximate surface area is 242 Å². The van der Waals surface area contributed by atoms with Gasteiger partial charge in [0.05, 0.1) is 10.2 Å². The number of fused-ring (bicyclic) bond motifs is 2. The Balaban J connectivity index is 1.42. The summed E-state index contributed by atoms with van der Waals surface area (Å²) in [4.78, 5) is 41.3. The van der Waals surface area contributed by atoms with Crippen LogP contribution in [-0.4, -0.2) is 45.8 Å². The molecule has 2 aromatic carbocycles. The average molecular weight is 569 g/mol. The molecule has 41 heavy (non-hydrogen) atoms. The van der Waals surface area contributed by atoms with Gasteiger partial charge < -0.3 is 15.7 Å². The van der Waals surface area contributed by atoms with E-state index in [9.17, 15) is 14.7 Å². The van der Waals surface area contributed by atoms with Crippen LogP contribution in [0.4, 0.5) is 10.9 Å². The van der Waals surface area contributed by atoms with Crippen molar-refractivity contribution in [3.63, 3.8) is 0 Å². The van der Waals surface area contributed by atoms with Crippen molar-refractivity contribution < 1.29 is 14.7 Å². The quantitative estimate of drug-likeness (QED) is 0.235. The van der Waals surface area contributed by atoms with Crippen molar-refractivity contribution in [3.05, 3.63) is 88.7 Å². The van der Waals surface area contributed by atoms with Crippen molar-refractivity contribution in [2.75, 3.05) is 23.3 Å². The van der Waals surface area contributed by atoms with Crippen molar-refractivity contribution in [1.82, 2.24) is 9.97 Å². The minimum Gasteiger partial charge on any atom is -0.476 e. The van der Waals surface area contributed by atoms with Crippen LogP contribution < -0.4 is 16.0 Å². The van der Waals surface area contributed by atoms with Gasteiger partial charge in [-0.2, -0.15) is 0 Å². The second-order valence-corrected chi connectivity index (χ2v) is 11.4. The molecule has 3 heterocycles. The summed E-state index contributed by atoms with van der Waals surface area (Å²) < 4.78 is 1.00. The molecule has 0 aliphatic carbocycles. The third-order valence-corrected chi connectivity index (χ3v) is 7.93. The number of hydrogen-bond donors (Lipinski definition) is 3. The molecular weight excluding hydrogens is 536 g/mol. The Bertz CT molecular complexity index is 1660. The molecule has 2 aromatic heterocycles. The molecule has 9 nitrogen and oxygen atoms in total. The predicted molar refractivity (Wildman–Crippen MR) is 165 cm³/mol. The van der Waals surface area contributed by atoms with Gasteiger partial charge in [-0.1, -0.05) is 49.4 Å². The number of carboxylic acid groups (broad SMARTS) is 1. The molecule has 1 aliphatic heterocycles. The summed E-state index contributed by atoms with van der Waals surface area (Å²) >= 11 is 1.43. The van der Waals surface area contributed by atoms with E-state index in [0.717, 1.165) is 21.3 Å². The van der Waals surface area contributed by atoms with Crippen molar-refractivity contribution in [1.29, 1.82) is 0 Å². The summed E-state index contributed by atoms with van der Waals surface area (Å²) in [6.45, 7) is 7.61. The molecule has 5 rings (SSSR count). The topological polar surface area (TPSA) is 134 Å². The SMILES string of the molecule is CC(=NCC(C)C)C(=CN)c1ccc(N2CCc3cccc(C(=O)Nc4nc5ccccc5s4)c3C2)nc1C(=O)O. The Morgan fingerprint density at radius 1 is 1.12 bits per heavy atom. The van der Waals surface area contributed by atoms with Crippen LogP contribution in [-0.2, 0) is 13.0 Å². The number of nitrogens with one attached hydrogen (secondary N) is 1. The van der Waals surface area contributed by atoms with Crippen molar-refractivity contribution >= 4 is 55.7 Å². The van der Waals surface area contributed by atoms with Crippen LogP contribution >= 0.6 is 11.3 Å². The van der Waals surface area contributed by atoms with E-state index in [1.54, 1.807) is 12.1 Å². The molecule has 4 N–H and O–H groups in total. The van der Waals surface area contributed by atoms with E-state index in [4.69, 9.17) is 5.73 Å². The van der Waals surface area contributed by atoms with E-state index in [1.807, 2.05) is 54.3 Å². The number of carbonyl (C=O) groups excluding carboxylic acids is 1. The summed E-state index contributed by atoms with van der Waals surface area (Å²) in [6.07, 6.45) is 2.08. The van der Waals surface area contributed by atoms with Crippen LogP contribution in [0, 0.1) is 5.92 Å². The molecule has 1 aliphatic rings. The minimum absolute atomic E-state index is 0.0917. The number of para-hydroxylation sites is 1. The number of carbonyl (C=O) groups is 2. The maximum atomic E-state index is 13.4. The highest BCUT2D eigenvalue weighted by Gasteiger charge is 2.25. The number of allylic oxidation sites excluding steroid dienone is 1. The van der Waals surface area contributed by atoms with Gasteiger partial charge in [0.25, 0.3) is 5.91 Å². The van der Waals surface area contributed by atoms with Crippen LogP contribution in [0.5, 0.6) is 0 Å². The minimum atomic E-state index is -1.15. The Hall–Kier alpha value is -4.57. The third kappa shape index (κ3) is 5.97. The molecule has 10 heteroatoms. The number of aromatic carboxylic acids is 1. The van der Waals surface area contributed by atoms with Gasteiger partial charge in [0, 0.05) is 48.2 Å². The fourth-order valence-electron chi connectivity index (χ4n) is 4.89. The van der Waals surface area contributed by atoms with Gasteiger partial charge in [-0.05, 0) is 60.7 Å². The monoisotopic (exact) mass is 568 g/mol. The molecule has 0 spiro atoms. The number of pyridine rings is 1. The highest BCUT2D eigenvalue weighted by Crippen LogP contribution is 2.30. The highest BCUT2D eigenvalue weighted by molar-refractivity contribution is 7.22. The number of nitrogens with two attached hydrogens (primary N) is 1. The van der Waals surface area contributed by atoms with Gasteiger partial charge >= 0.3 is 5.97 Å². The lowest BCUT2D eigenvalue weighted by Gasteiger charge is -2.31. The Morgan fingerprint density at radius 3 is 2.66 bits per heavy atom. The zero-order valence-electron chi connectivity index (χ0n) is 23.2. The summed E-state index contributed by atoms with van der Waals surface area (Å²) in [5.41, 5.74) is 10.8. The van der Waals surface area contributed by atoms with Crippen LogP contribution in [0.15, 0.2) is 65.8 Å².